The summed E-state index contributed by atoms with van der Waals surface area (Å²) >= 11 is 0. The van der Waals surface area contributed by atoms with Gasteiger partial charge in [0.15, 0.2) is 0 Å². The van der Waals surface area contributed by atoms with Crippen LogP contribution in [0.15, 0.2) is 18.2 Å². The maximum Gasteiger partial charge on any atom is -0.0274 e. The molecule has 0 aliphatic rings. The number of aryl methyl sites for hydroxylation is 2. The lowest BCUT2D eigenvalue weighted by atomic mass is 9.97. The van der Waals surface area contributed by atoms with Crippen LogP contribution in [0.25, 0.3) is 0 Å². The van der Waals surface area contributed by atoms with Gasteiger partial charge >= 0.3 is 0 Å². The monoisotopic (exact) mass is 204 g/mol. The first-order valence-electron chi connectivity index (χ1n) is 6.30. The predicted octanol–water partition coefficient (Wildman–Crippen LogP) is 4.82. The Balaban J connectivity index is 2.37. The third-order valence-corrected chi connectivity index (χ3v) is 3.17. The Hall–Kier alpha value is -0.780. The summed E-state index contributed by atoms with van der Waals surface area (Å²) in [4.78, 5) is 0. The van der Waals surface area contributed by atoms with Crippen molar-refractivity contribution in [1.82, 2.24) is 0 Å². The average molecular weight is 204 g/mol. The minimum absolute atomic E-state index is 1.27. The summed E-state index contributed by atoms with van der Waals surface area (Å²) in [5.41, 5.74) is 4.50. The van der Waals surface area contributed by atoms with Crippen LogP contribution in [0.1, 0.15) is 55.7 Å². The van der Waals surface area contributed by atoms with E-state index >= 15 is 0 Å². The van der Waals surface area contributed by atoms with E-state index in [1.54, 1.807) is 5.56 Å². The number of rotatable bonds is 6. The number of hydrogen-bond donors (Lipinski definition) is 0. The summed E-state index contributed by atoms with van der Waals surface area (Å²) in [7, 11) is 0. The van der Waals surface area contributed by atoms with E-state index in [1.165, 1.54) is 49.7 Å². The van der Waals surface area contributed by atoms with Gasteiger partial charge in [0.1, 0.15) is 0 Å². The molecule has 0 saturated heterocycles. The normalized spacial score (nSPS) is 10.6. The van der Waals surface area contributed by atoms with Gasteiger partial charge in [0, 0.05) is 0 Å². The van der Waals surface area contributed by atoms with Crippen LogP contribution in [0.2, 0.25) is 0 Å². The second-order valence-electron chi connectivity index (χ2n) is 4.53. The van der Waals surface area contributed by atoms with E-state index in [-0.39, 0.29) is 0 Å². The standard InChI is InChI=1S/C15H24/c1-4-5-6-7-8-12-15-13(2)10-9-11-14(15)3/h9-11H,4-8,12H2,1-3H3. The Morgan fingerprint density at radius 1 is 0.867 bits per heavy atom. The lowest BCUT2D eigenvalue weighted by molar-refractivity contribution is 0.630. The molecule has 0 heterocycles. The highest BCUT2D eigenvalue weighted by molar-refractivity contribution is 5.33. The molecular weight excluding hydrogens is 180 g/mol. The summed E-state index contributed by atoms with van der Waals surface area (Å²) in [5, 5.41) is 0. The molecule has 0 bridgehead atoms. The van der Waals surface area contributed by atoms with Gasteiger partial charge in [0.05, 0.1) is 0 Å². The van der Waals surface area contributed by atoms with Crippen LogP contribution in [-0.2, 0) is 6.42 Å². The first kappa shape index (κ1) is 12.3. The number of benzene rings is 1. The second-order valence-corrected chi connectivity index (χ2v) is 4.53. The Labute approximate surface area is 94.7 Å². The van der Waals surface area contributed by atoms with Gasteiger partial charge in [-0.1, -0.05) is 50.8 Å². The largest absolute Gasteiger partial charge is 0.0654 e. The van der Waals surface area contributed by atoms with Crippen LogP contribution in [0.3, 0.4) is 0 Å². The SMILES string of the molecule is CCCCCCCc1c(C)cccc1C. The molecule has 0 fully saturated rings. The van der Waals surface area contributed by atoms with Gasteiger partial charge in [-0.25, -0.2) is 0 Å². The molecule has 0 atom stereocenters. The van der Waals surface area contributed by atoms with E-state index in [9.17, 15) is 0 Å². The summed E-state index contributed by atoms with van der Waals surface area (Å²) in [5.74, 6) is 0. The van der Waals surface area contributed by atoms with Crippen molar-refractivity contribution in [2.24, 2.45) is 0 Å². The Morgan fingerprint density at radius 3 is 2.07 bits per heavy atom. The maximum atomic E-state index is 2.27. The molecule has 15 heavy (non-hydrogen) atoms. The minimum atomic E-state index is 1.27. The topological polar surface area (TPSA) is 0 Å². The van der Waals surface area contributed by atoms with E-state index in [1.807, 2.05) is 0 Å². The van der Waals surface area contributed by atoms with Gasteiger partial charge < -0.3 is 0 Å². The molecule has 0 heteroatoms. The Kier molecular flexibility index (Phi) is 5.45. The molecule has 0 N–H and O–H groups in total. The zero-order valence-corrected chi connectivity index (χ0v) is 10.5. The molecule has 0 unspecified atom stereocenters. The highest BCUT2D eigenvalue weighted by atomic mass is 14.1. The minimum Gasteiger partial charge on any atom is -0.0654 e. The van der Waals surface area contributed by atoms with Crippen molar-refractivity contribution in [3.63, 3.8) is 0 Å². The van der Waals surface area contributed by atoms with Crippen molar-refractivity contribution < 1.29 is 0 Å². The molecule has 0 amide bonds. The summed E-state index contributed by atoms with van der Waals surface area (Å²) in [6.07, 6.45) is 8.15. The molecule has 1 rings (SSSR count). The second kappa shape index (κ2) is 6.66. The van der Waals surface area contributed by atoms with Crippen LogP contribution < -0.4 is 0 Å². The van der Waals surface area contributed by atoms with E-state index in [2.05, 4.69) is 39.0 Å². The zero-order valence-electron chi connectivity index (χ0n) is 10.5. The summed E-state index contributed by atoms with van der Waals surface area (Å²) in [6.45, 7) is 6.73. The Morgan fingerprint density at radius 2 is 1.47 bits per heavy atom. The lowest BCUT2D eigenvalue weighted by Crippen LogP contribution is -1.93. The maximum absolute atomic E-state index is 2.27. The average Bonchev–Trinajstić information content (AvgIpc) is 2.21. The number of unbranched alkanes of at least 4 members (excludes halogenated alkanes) is 4. The summed E-state index contributed by atoms with van der Waals surface area (Å²) < 4.78 is 0. The highest BCUT2D eigenvalue weighted by Gasteiger charge is 2.01. The molecule has 0 aromatic heterocycles. The van der Waals surface area contributed by atoms with Gasteiger partial charge in [0.25, 0.3) is 0 Å². The molecule has 1 aromatic carbocycles. The molecule has 0 radical (unpaired) electrons. The van der Waals surface area contributed by atoms with Gasteiger partial charge in [-0.2, -0.15) is 0 Å². The van der Waals surface area contributed by atoms with Crippen LogP contribution in [-0.4, -0.2) is 0 Å². The van der Waals surface area contributed by atoms with Gasteiger partial charge in [-0.15, -0.1) is 0 Å². The smallest absolute Gasteiger partial charge is 0.0274 e. The van der Waals surface area contributed by atoms with E-state index in [0.717, 1.165) is 0 Å². The molecule has 0 aliphatic carbocycles. The molecule has 0 spiro atoms. The molecule has 1 aromatic rings. The van der Waals surface area contributed by atoms with Crippen LogP contribution in [0.5, 0.6) is 0 Å². The third-order valence-electron chi connectivity index (χ3n) is 3.17. The van der Waals surface area contributed by atoms with Gasteiger partial charge in [0.2, 0.25) is 0 Å². The van der Waals surface area contributed by atoms with E-state index < -0.39 is 0 Å². The first-order valence-corrected chi connectivity index (χ1v) is 6.30. The van der Waals surface area contributed by atoms with Gasteiger partial charge in [-0.3, -0.25) is 0 Å². The van der Waals surface area contributed by atoms with Crippen molar-refractivity contribution in [1.29, 1.82) is 0 Å². The fourth-order valence-corrected chi connectivity index (χ4v) is 2.15. The van der Waals surface area contributed by atoms with Crippen molar-refractivity contribution in [3.8, 4) is 0 Å². The predicted molar refractivity (Wildman–Crippen MR) is 68.4 cm³/mol. The zero-order chi connectivity index (χ0) is 11.1. The van der Waals surface area contributed by atoms with Crippen molar-refractivity contribution in [2.75, 3.05) is 0 Å². The molecule has 0 aliphatic heterocycles. The quantitative estimate of drug-likeness (QED) is 0.583. The molecular formula is C15H24. The number of hydrogen-bond acceptors (Lipinski definition) is 0. The molecule has 84 valence electrons. The Bertz CT molecular complexity index is 266. The van der Waals surface area contributed by atoms with Crippen LogP contribution in [0, 0.1) is 13.8 Å². The van der Waals surface area contributed by atoms with Crippen LogP contribution >= 0.6 is 0 Å². The summed E-state index contributed by atoms with van der Waals surface area (Å²) in [6, 6.07) is 6.62. The first-order chi connectivity index (χ1) is 7.25. The molecule has 0 nitrogen and oxygen atoms in total. The highest BCUT2D eigenvalue weighted by Crippen LogP contribution is 2.16. The molecule has 0 saturated carbocycles. The van der Waals surface area contributed by atoms with Gasteiger partial charge in [-0.05, 0) is 43.4 Å². The fraction of sp³-hybridized carbons (Fsp3) is 0.600. The van der Waals surface area contributed by atoms with Crippen molar-refractivity contribution in [2.45, 2.75) is 59.3 Å². The van der Waals surface area contributed by atoms with Crippen LogP contribution in [0.4, 0.5) is 0 Å². The van der Waals surface area contributed by atoms with Crippen molar-refractivity contribution in [3.05, 3.63) is 34.9 Å². The van der Waals surface area contributed by atoms with Crippen molar-refractivity contribution >= 4 is 0 Å². The fourth-order valence-electron chi connectivity index (χ4n) is 2.15. The van der Waals surface area contributed by atoms with E-state index in [0.29, 0.717) is 0 Å². The van der Waals surface area contributed by atoms with E-state index in [4.69, 9.17) is 0 Å². The lowest BCUT2D eigenvalue weighted by Gasteiger charge is -2.09. The third kappa shape index (κ3) is 4.07.